The Morgan fingerprint density at radius 1 is 1.21 bits per heavy atom. The molecule has 0 saturated carbocycles. The van der Waals surface area contributed by atoms with Gasteiger partial charge >= 0.3 is 13.8 Å². The van der Waals surface area contributed by atoms with Crippen LogP contribution in [0, 0.1) is 0 Å². The van der Waals surface area contributed by atoms with E-state index in [1.165, 1.54) is 13.8 Å². The summed E-state index contributed by atoms with van der Waals surface area (Å²) in [5, 5.41) is 8.68. The Morgan fingerprint density at radius 3 is 1.89 bits per heavy atom. The second-order valence-corrected chi connectivity index (χ2v) is 5.73. The van der Waals surface area contributed by atoms with Crippen molar-refractivity contribution in [2.24, 2.45) is 0 Å². The van der Waals surface area contributed by atoms with Gasteiger partial charge in [-0.2, -0.15) is 0 Å². The van der Waals surface area contributed by atoms with Gasteiger partial charge in [0.25, 0.3) is 0 Å². The minimum absolute atomic E-state index is 0.0230. The van der Waals surface area contributed by atoms with Crippen LogP contribution < -0.4 is 0 Å². The van der Waals surface area contributed by atoms with E-state index in [0.29, 0.717) is 0 Å². The zero-order chi connectivity index (χ0) is 15.1. The lowest BCUT2D eigenvalue weighted by molar-refractivity contribution is -0.148. The lowest BCUT2D eigenvalue weighted by Crippen LogP contribution is -2.27. The van der Waals surface area contributed by atoms with Crippen molar-refractivity contribution in [2.75, 3.05) is 11.8 Å². The van der Waals surface area contributed by atoms with E-state index in [9.17, 15) is 14.2 Å². The van der Waals surface area contributed by atoms with Gasteiger partial charge in [0.2, 0.25) is 6.10 Å². The van der Waals surface area contributed by atoms with Gasteiger partial charge in [-0.3, -0.25) is 18.4 Å². The number of phosphoric ester groups is 1. The molecule has 3 atom stereocenters. The fourth-order valence-corrected chi connectivity index (χ4v) is 2.74. The highest BCUT2D eigenvalue weighted by Crippen LogP contribution is 2.52. The molecule has 1 N–H and O–H groups in total. The van der Waals surface area contributed by atoms with Crippen molar-refractivity contribution in [2.45, 2.75) is 32.2 Å². The molecule has 19 heavy (non-hydrogen) atoms. The van der Waals surface area contributed by atoms with E-state index >= 15 is 0 Å². The maximum atomic E-state index is 12.2. The van der Waals surface area contributed by atoms with Crippen LogP contribution in [0.3, 0.4) is 0 Å². The second-order valence-electron chi connectivity index (χ2n) is 3.59. The van der Waals surface area contributed by atoms with Crippen molar-refractivity contribution >= 4 is 43.3 Å². The van der Waals surface area contributed by atoms with E-state index in [4.69, 9.17) is 37.4 Å². The Hall–Kier alpha value is -0.170. The molecule has 7 nitrogen and oxygen atoms in total. The highest BCUT2D eigenvalue weighted by atomic mass is 35.5. The maximum Gasteiger partial charge on any atom is 0.476 e. The van der Waals surface area contributed by atoms with Crippen molar-refractivity contribution < 1.29 is 32.8 Å². The highest BCUT2D eigenvalue weighted by molar-refractivity contribution is 7.48. The van der Waals surface area contributed by atoms with E-state index in [-0.39, 0.29) is 18.0 Å². The third kappa shape index (κ3) is 7.25. The molecule has 0 aromatic rings. The Balaban J connectivity index is 4.98. The number of phosphoric acid groups is 1. The van der Waals surface area contributed by atoms with Crippen LogP contribution in [0.5, 0.6) is 0 Å². The van der Waals surface area contributed by atoms with Gasteiger partial charge in [0.1, 0.15) is 0 Å². The normalized spacial score (nSPS) is 19.2. The molecule has 0 spiro atoms. The van der Waals surface area contributed by atoms with Crippen LogP contribution >= 0.6 is 31.0 Å². The van der Waals surface area contributed by atoms with Crippen molar-refractivity contribution in [3.63, 3.8) is 0 Å². The van der Waals surface area contributed by atoms with Gasteiger partial charge < -0.3 is 5.11 Å². The standard InChI is InChI=1S/C9H15Cl2O7P/c1-6(3-10)16-19(15,17-7(2)4-11)18-8(5-12)9(13)14/h5-8H,3-4H2,1-2H3,(H,13,14). The third-order valence-electron chi connectivity index (χ3n) is 1.66. The Morgan fingerprint density at radius 2 is 1.63 bits per heavy atom. The zero-order valence-electron chi connectivity index (χ0n) is 10.3. The summed E-state index contributed by atoms with van der Waals surface area (Å²) in [6.07, 6.45) is -3.44. The first kappa shape index (κ1) is 18.8. The second kappa shape index (κ2) is 8.89. The van der Waals surface area contributed by atoms with Crippen molar-refractivity contribution in [1.29, 1.82) is 0 Å². The van der Waals surface area contributed by atoms with E-state index in [1.54, 1.807) is 0 Å². The first-order valence-electron chi connectivity index (χ1n) is 5.23. The van der Waals surface area contributed by atoms with E-state index in [1.807, 2.05) is 0 Å². The number of carboxylic acid groups (broad SMARTS) is 1. The first-order valence-corrected chi connectivity index (χ1v) is 7.76. The summed E-state index contributed by atoms with van der Waals surface area (Å²) in [6.45, 7) is 2.96. The molecule has 3 unspecified atom stereocenters. The molecule has 0 aliphatic carbocycles. The monoisotopic (exact) mass is 336 g/mol. The summed E-state index contributed by atoms with van der Waals surface area (Å²) in [5.74, 6) is -1.66. The molecule has 0 saturated heterocycles. The van der Waals surface area contributed by atoms with Crippen LogP contribution in [0.2, 0.25) is 0 Å². The summed E-state index contributed by atoms with van der Waals surface area (Å²) < 4.78 is 26.7. The lowest BCUT2D eigenvalue weighted by Gasteiger charge is -2.24. The Kier molecular flexibility index (Phi) is 8.81. The van der Waals surface area contributed by atoms with E-state index in [2.05, 4.69) is 4.52 Å². The number of rotatable bonds is 10. The predicted molar refractivity (Wildman–Crippen MR) is 68.7 cm³/mol. The minimum atomic E-state index is -4.27. The van der Waals surface area contributed by atoms with Crippen LogP contribution in [-0.2, 0) is 27.7 Å². The quantitative estimate of drug-likeness (QED) is 0.282. The summed E-state index contributed by atoms with van der Waals surface area (Å²) >= 11 is 11.0. The Labute approximate surface area is 120 Å². The molecule has 0 aliphatic rings. The molecule has 0 aliphatic heterocycles. The fraction of sp³-hybridized carbons (Fsp3) is 0.778. The minimum Gasteiger partial charge on any atom is -0.479 e. The molecule has 0 bridgehead atoms. The lowest BCUT2D eigenvalue weighted by atomic mass is 10.4. The van der Waals surface area contributed by atoms with Crippen LogP contribution in [-0.4, -0.2) is 47.4 Å². The Bertz CT molecular complexity index is 335. The van der Waals surface area contributed by atoms with Gasteiger partial charge in [0, 0.05) is 11.8 Å². The zero-order valence-corrected chi connectivity index (χ0v) is 12.7. The first-order chi connectivity index (χ1) is 8.77. The molecule has 0 rings (SSSR count). The molecule has 0 aromatic heterocycles. The third-order valence-corrected chi connectivity index (χ3v) is 4.25. The number of alkyl halides is 2. The smallest absolute Gasteiger partial charge is 0.476 e. The molecule has 0 amide bonds. The number of carbonyl (C=O) groups is 2. The molecule has 0 aromatic carbocycles. The SMILES string of the molecule is CC(CCl)OP(=O)(OC(C)CCl)OC(C=O)C(=O)O. The molecule has 112 valence electrons. The summed E-state index contributed by atoms with van der Waals surface area (Å²) in [6, 6.07) is 0. The summed E-state index contributed by atoms with van der Waals surface area (Å²) in [7, 11) is -4.27. The molecule has 10 heteroatoms. The topological polar surface area (TPSA) is 99.1 Å². The number of carbonyl (C=O) groups excluding carboxylic acids is 1. The van der Waals surface area contributed by atoms with Crippen LogP contribution in [0.15, 0.2) is 0 Å². The van der Waals surface area contributed by atoms with Crippen LogP contribution in [0.25, 0.3) is 0 Å². The van der Waals surface area contributed by atoms with Crippen LogP contribution in [0.4, 0.5) is 0 Å². The number of aldehydes is 1. The van der Waals surface area contributed by atoms with Crippen molar-refractivity contribution in [3.8, 4) is 0 Å². The predicted octanol–water partition coefficient (Wildman–Crippen LogP) is 2.05. The molecular weight excluding hydrogens is 322 g/mol. The van der Waals surface area contributed by atoms with Crippen LogP contribution in [0.1, 0.15) is 13.8 Å². The molecular formula is C9H15Cl2O7P. The van der Waals surface area contributed by atoms with Crippen molar-refractivity contribution in [3.05, 3.63) is 0 Å². The average molecular weight is 337 g/mol. The van der Waals surface area contributed by atoms with Gasteiger partial charge in [-0.1, -0.05) is 0 Å². The average Bonchev–Trinajstić information content (AvgIpc) is 2.35. The molecule has 0 heterocycles. The number of halogens is 2. The largest absolute Gasteiger partial charge is 0.479 e. The fourth-order valence-electron chi connectivity index (χ4n) is 0.839. The summed E-state index contributed by atoms with van der Waals surface area (Å²) in [5.41, 5.74) is 0. The van der Waals surface area contributed by atoms with Gasteiger partial charge in [-0.05, 0) is 13.8 Å². The van der Waals surface area contributed by atoms with E-state index in [0.717, 1.165) is 0 Å². The number of carboxylic acids is 1. The van der Waals surface area contributed by atoms with Gasteiger partial charge in [-0.25, -0.2) is 9.36 Å². The number of hydrogen-bond donors (Lipinski definition) is 1. The van der Waals surface area contributed by atoms with Crippen molar-refractivity contribution in [1.82, 2.24) is 0 Å². The number of hydrogen-bond acceptors (Lipinski definition) is 6. The number of aliphatic carboxylic acids is 1. The van der Waals surface area contributed by atoms with Gasteiger partial charge in [0.15, 0.2) is 6.29 Å². The molecule has 0 fully saturated rings. The highest BCUT2D eigenvalue weighted by Gasteiger charge is 2.37. The molecule has 0 radical (unpaired) electrons. The summed E-state index contributed by atoms with van der Waals surface area (Å²) in [4.78, 5) is 21.2. The van der Waals surface area contributed by atoms with E-state index < -0.39 is 32.1 Å². The maximum absolute atomic E-state index is 12.2. The van der Waals surface area contributed by atoms with Gasteiger partial charge in [-0.15, -0.1) is 23.2 Å². The van der Waals surface area contributed by atoms with Gasteiger partial charge in [0.05, 0.1) is 12.2 Å².